The van der Waals surface area contributed by atoms with Gasteiger partial charge in [0.25, 0.3) is 0 Å². The lowest BCUT2D eigenvalue weighted by molar-refractivity contribution is -0.160. The molecule has 3 aliphatic heterocycles. The first-order chi connectivity index (χ1) is 14.1. The van der Waals surface area contributed by atoms with E-state index in [1.807, 2.05) is 20.8 Å². The third-order valence-electron chi connectivity index (χ3n) is 6.47. The van der Waals surface area contributed by atoms with E-state index in [0.717, 1.165) is 0 Å². The van der Waals surface area contributed by atoms with Gasteiger partial charge in [-0.05, 0) is 12.3 Å². The largest absolute Gasteiger partial charge is 0.477 e. The molecular formula is C21H31N3O5S. The van der Waals surface area contributed by atoms with Gasteiger partial charge in [-0.1, -0.05) is 20.8 Å². The molecule has 2 saturated heterocycles. The summed E-state index contributed by atoms with van der Waals surface area (Å²) in [5.41, 5.74) is 0.0788. The first-order valence-electron chi connectivity index (χ1n) is 10.5. The number of carbonyl (C=O) groups is 4. The van der Waals surface area contributed by atoms with Gasteiger partial charge in [0.15, 0.2) is 0 Å². The summed E-state index contributed by atoms with van der Waals surface area (Å²) in [5, 5.41) is 13.1. The fourth-order valence-electron chi connectivity index (χ4n) is 4.87. The third kappa shape index (κ3) is 3.89. The molecule has 9 heteroatoms. The molecule has 166 valence electrons. The number of nitrogens with zero attached hydrogens (tertiary/aromatic N) is 2. The van der Waals surface area contributed by atoms with Crippen LogP contribution in [-0.4, -0.2) is 76.4 Å². The molecule has 2 unspecified atom stereocenters. The molecule has 3 rings (SSSR count). The summed E-state index contributed by atoms with van der Waals surface area (Å²) in [5.74, 6) is -1.70. The molecule has 0 saturated carbocycles. The minimum atomic E-state index is -1.09. The summed E-state index contributed by atoms with van der Waals surface area (Å²) in [6.07, 6.45) is 1.40. The molecule has 0 bridgehead atoms. The zero-order valence-electron chi connectivity index (χ0n) is 18.2. The number of aliphatic carboxylic acids is 1. The summed E-state index contributed by atoms with van der Waals surface area (Å²) in [7, 11) is 3.44. The average molecular weight is 438 g/mol. The van der Waals surface area contributed by atoms with Gasteiger partial charge in [0.05, 0.1) is 18.0 Å². The normalized spacial score (nSPS) is 31.4. The molecular weight excluding hydrogens is 406 g/mol. The van der Waals surface area contributed by atoms with Crippen LogP contribution in [-0.2, 0) is 19.2 Å². The number of carboxylic acids is 1. The van der Waals surface area contributed by atoms with Crippen molar-refractivity contribution in [2.75, 3.05) is 20.6 Å². The van der Waals surface area contributed by atoms with Crippen LogP contribution < -0.4 is 5.32 Å². The van der Waals surface area contributed by atoms with Gasteiger partial charge in [-0.2, -0.15) is 0 Å². The highest BCUT2D eigenvalue weighted by Crippen LogP contribution is 2.53. The van der Waals surface area contributed by atoms with Gasteiger partial charge in [-0.25, -0.2) is 4.79 Å². The van der Waals surface area contributed by atoms with Crippen LogP contribution in [0.1, 0.15) is 40.0 Å². The van der Waals surface area contributed by atoms with Crippen molar-refractivity contribution in [2.45, 2.75) is 57.4 Å². The van der Waals surface area contributed by atoms with Crippen LogP contribution in [0.25, 0.3) is 0 Å². The van der Waals surface area contributed by atoms with E-state index in [4.69, 9.17) is 0 Å². The SMILES string of the molecule is CCC(=O)C[C@H](C)[C@H]1C(=O)N2C(C(=O)O)=C(SC3CNC(C(=O)N(C)C)C3)[C@H](C)[C@H]12. The maximum absolute atomic E-state index is 12.9. The highest BCUT2D eigenvalue weighted by atomic mass is 32.2. The highest BCUT2D eigenvalue weighted by Gasteiger charge is 2.60. The maximum Gasteiger partial charge on any atom is 0.353 e. The number of hydrogen-bond acceptors (Lipinski definition) is 6. The molecule has 0 aromatic rings. The van der Waals surface area contributed by atoms with Crippen molar-refractivity contribution >= 4 is 35.3 Å². The second-order valence-electron chi connectivity index (χ2n) is 8.77. The van der Waals surface area contributed by atoms with E-state index in [1.165, 1.54) is 16.7 Å². The Bertz CT molecular complexity index is 796. The fourth-order valence-corrected chi connectivity index (χ4v) is 6.35. The number of nitrogens with one attached hydrogen (secondary N) is 1. The number of carbonyl (C=O) groups excluding carboxylic acids is 3. The van der Waals surface area contributed by atoms with Crippen LogP contribution in [0.4, 0.5) is 0 Å². The van der Waals surface area contributed by atoms with E-state index >= 15 is 0 Å². The number of Topliss-reactive ketones (excluding diaryl/α,β-unsaturated/α-hetero) is 1. The lowest BCUT2D eigenvalue weighted by Crippen LogP contribution is -2.62. The lowest BCUT2D eigenvalue weighted by atomic mass is 9.73. The summed E-state index contributed by atoms with van der Waals surface area (Å²) in [4.78, 5) is 52.7. The summed E-state index contributed by atoms with van der Waals surface area (Å²) in [6.45, 7) is 6.30. The van der Waals surface area contributed by atoms with Gasteiger partial charge in [0, 0.05) is 49.6 Å². The van der Waals surface area contributed by atoms with E-state index in [1.54, 1.807) is 19.0 Å². The van der Waals surface area contributed by atoms with E-state index < -0.39 is 5.97 Å². The van der Waals surface area contributed by atoms with E-state index in [0.29, 0.717) is 30.7 Å². The predicted molar refractivity (Wildman–Crippen MR) is 114 cm³/mol. The molecule has 8 nitrogen and oxygen atoms in total. The van der Waals surface area contributed by atoms with Gasteiger partial charge >= 0.3 is 5.97 Å². The van der Waals surface area contributed by atoms with Crippen LogP contribution in [0, 0.1) is 17.8 Å². The maximum atomic E-state index is 12.9. The van der Waals surface area contributed by atoms with Crippen LogP contribution in [0.3, 0.4) is 0 Å². The molecule has 0 aliphatic carbocycles. The van der Waals surface area contributed by atoms with Crippen molar-refractivity contribution < 1.29 is 24.3 Å². The van der Waals surface area contributed by atoms with Crippen LogP contribution in [0.2, 0.25) is 0 Å². The topological polar surface area (TPSA) is 107 Å². The third-order valence-corrected chi connectivity index (χ3v) is 7.98. The Kier molecular flexibility index (Phi) is 6.62. The smallest absolute Gasteiger partial charge is 0.353 e. The zero-order chi connectivity index (χ0) is 22.3. The molecule has 2 N–H and O–H groups in total. The second-order valence-corrected chi connectivity index (χ2v) is 10.1. The van der Waals surface area contributed by atoms with Crippen LogP contribution in [0.5, 0.6) is 0 Å². The van der Waals surface area contributed by atoms with Crippen LogP contribution in [0.15, 0.2) is 10.6 Å². The number of fused-ring (bicyclic) bond motifs is 1. The van der Waals surface area contributed by atoms with Gasteiger partial charge in [-0.15, -0.1) is 11.8 Å². The number of ketones is 1. The van der Waals surface area contributed by atoms with Crippen molar-refractivity contribution in [3.63, 3.8) is 0 Å². The number of hydrogen-bond donors (Lipinski definition) is 2. The number of likely N-dealkylation sites (N-methyl/N-ethyl adjacent to an activating group) is 1. The Labute approximate surface area is 181 Å². The number of carboxylic acid groups (broad SMARTS) is 1. The van der Waals surface area contributed by atoms with Gasteiger partial charge in [0.1, 0.15) is 11.5 Å². The fraction of sp³-hybridized carbons (Fsp3) is 0.714. The zero-order valence-corrected chi connectivity index (χ0v) is 19.0. The van der Waals surface area contributed by atoms with Gasteiger partial charge in [-0.3, -0.25) is 14.4 Å². The van der Waals surface area contributed by atoms with Crippen molar-refractivity contribution in [3.05, 3.63) is 10.6 Å². The Balaban J connectivity index is 1.76. The Morgan fingerprint density at radius 1 is 1.33 bits per heavy atom. The first-order valence-corrected chi connectivity index (χ1v) is 11.4. The van der Waals surface area contributed by atoms with Crippen molar-refractivity contribution in [2.24, 2.45) is 17.8 Å². The lowest BCUT2D eigenvalue weighted by Gasteiger charge is -2.47. The molecule has 2 amide bonds. The number of amides is 2. The molecule has 0 spiro atoms. The average Bonchev–Trinajstić information content (AvgIpc) is 3.23. The van der Waals surface area contributed by atoms with Gasteiger partial charge in [0.2, 0.25) is 11.8 Å². The summed E-state index contributed by atoms with van der Waals surface area (Å²) in [6, 6.07) is -0.478. The van der Waals surface area contributed by atoms with E-state index in [2.05, 4.69) is 5.32 Å². The summed E-state index contributed by atoms with van der Waals surface area (Å²) >= 11 is 1.48. The molecule has 30 heavy (non-hydrogen) atoms. The Hall–Kier alpha value is -1.87. The Morgan fingerprint density at radius 3 is 2.57 bits per heavy atom. The molecule has 0 aromatic heterocycles. The van der Waals surface area contributed by atoms with Crippen molar-refractivity contribution in [1.82, 2.24) is 15.1 Å². The molecule has 0 radical (unpaired) electrons. The molecule has 0 aromatic carbocycles. The second kappa shape index (κ2) is 8.70. The number of rotatable bonds is 8. The Morgan fingerprint density at radius 2 is 2.00 bits per heavy atom. The van der Waals surface area contributed by atoms with Gasteiger partial charge < -0.3 is 20.2 Å². The standard InChI is InChI=1S/C21H31N3O5S/c1-6-12(25)7-10(2)15-16-11(3)18(17(21(28)29)24(16)20(15)27)30-13-8-14(22-9-13)19(26)23(4)5/h10-11,13-16,22H,6-9H2,1-5H3,(H,28,29)/t10-,11+,13?,14?,15+,16+/m0/s1. The molecule has 3 heterocycles. The van der Waals surface area contributed by atoms with Crippen molar-refractivity contribution in [3.8, 4) is 0 Å². The number of thioether (sulfide) groups is 1. The molecule has 6 atom stereocenters. The quantitative estimate of drug-likeness (QED) is 0.552. The van der Waals surface area contributed by atoms with Crippen molar-refractivity contribution in [1.29, 1.82) is 0 Å². The minimum Gasteiger partial charge on any atom is -0.477 e. The molecule has 2 fully saturated rings. The first kappa shape index (κ1) is 22.8. The highest BCUT2D eigenvalue weighted by molar-refractivity contribution is 8.03. The number of β-lactam (4-membered cyclic amide) rings is 1. The molecule has 3 aliphatic rings. The van der Waals surface area contributed by atoms with E-state index in [9.17, 15) is 24.3 Å². The summed E-state index contributed by atoms with van der Waals surface area (Å²) < 4.78 is 0. The van der Waals surface area contributed by atoms with E-state index in [-0.39, 0.29) is 58.4 Å². The minimum absolute atomic E-state index is 0.0125. The predicted octanol–water partition coefficient (Wildman–Crippen LogP) is 1.32. The monoisotopic (exact) mass is 437 g/mol. The van der Waals surface area contributed by atoms with Crippen LogP contribution >= 0.6 is 11.8 Å².